The fraction of sp³-hybridized carbons (Fsp3) is 0.0476. The van der Waals surface area contributed by atoms with E-state index in [9.17, 15) is 4.79 Å². The summed E-state index contributed by atoms with van der Waals surface area (Å²) in [6, 6.07) is 18.7. The second-order valence-corrected chi connectivity index (χ2v) is 7.58. The highest BCUT2D eigenvalue weighted by molar-refractivity contribution is 9.10. The van der Waals surface area contributed by atoms with Gasteiger partial charge in [0.15, 0.2) is 0 Å². The number of fused-ring (bicyclic) bond motifs is 1. The first kappa shape index (κ1) is 17.8. The van der Waals surface area contributed by atoms with Crippen LogP contribution in [0.2, 0.25) is 5.02 Å². The number of pyridine rings is 1. The highest BCUT2D eigenvalue weighted by atomic mass is 79.9. The largest absolute Gasteiger partial charge is 0.398 e. The van der Waals surface area contributed by atoms with Gasteiger partial charge in [-0.1, -0.05) is 39.7 Å². The number of hydrogen-bond donors (Lipinski definition) is 2. The minimum atomic E-state index is -0.208. The van der Waals surface area contributed by atoms with Gasteiger partial charge in [0.2, 0.25) is 0 Å². The fourth-order valence-electron chi connectivity index (χ4n) is 3.03. The monoisotopic (exact) mass is 439 g/mol. The van der Waals surface area contributed by atoms with Crippen molar-refractivity contribution in [1.82, 2.24) is 4.98 Å². The third kappa shape index (κ3) is 3.61. The summed E-state index contributed by atoms with van der Waals surface area (Å²) in [7, 11) is 0. The summed E-state index contributed by atoms with van der Waals surface area (Å²) in [5.41, 5.74) is 11.4. The van der Waals surface area contributed by atoms with Gasteiger partial charge in [-0.25, -0.2) is 0 Å². The van der Waals surface area contributed by atoms with Gasteiger partial charge in [0.25, 0.3) is 5.91 Å². The lowest BCUT2D eigenvalue weighted by Gasteiger charge is -2.06. The SMILES string of the molecule is NC1=C(C(=O)Nc2ccc(Br)cc2)Cc2nc(-c3ccc(Cl)cc3)ccc21. The molecule has 2 aromatic carbocycles. The molecule has 0 saturated heterocycles. The van der Waals surface area contributed by atoms with E-state index in [1.165, 1.54) is 0 Å². The Balaban J connectivity index is 1.57. The van der Waals surface area contributed by atoms with Crippen molar-refractivity contribution in [2.75, 3.05) is 5.32 Å². The third-order valence-electron chi connectivity index (χ3n) is 4.45. The molecule has 0 unspecified atom stereocenters. The molecule has 0 bridgehead atoms. The van der Waals surface area contributed by atoms with Crippen LogP contribution in [0, 0.1) is 0 Å². The Labute approximate surface area is 170 Å². The van der Waals surface area contributed by atoms with Gasteiger partial charge in [-0.3, -0.25) is 9.78 Å². The summed E-state index contributed by atoms with van der Waals surface area (Å²) in [6.45, 7) is 0. The number of rotatable bonds is 3. The van der Waals surface area contributed by atoms with Crippen LogP contribution in [0.5, 0.6) is 0 Å². The standard InChI is InChI=1S/C21H15BrClN3O/c22-13-3-7-15(8-4-13)25-21(27)17-11-19-16(20(17)24)9-10-18(26-19)12-1-5-14(23)6-2-12/h1-10H,11,24H2,(H,25,27). The predicted molar refractivity (Wildman–Crippen MR) is 112 cm³/mol. The van der Waals surface area contributed by atoms with E-state index in [-0.39, 0.29) is 5.91 Å². The first-order valence-corrected chi connectivity index (χ1v) is 9.50. The van der Waals surface area contributed by atoms with Crippen molar-refractivity contribution in [3.63, 3.8) is 0 Å². The van der Waals surface area contributed by atoms with Crippen molar-refractivity contribution in [1.29, 1.82) is 0 Å². The van der Waals surface area contributed by atoms with E-state index in [1.54, 1.807) is 0 Å². The number of amides is 1. The van der Waals surface area contributed by atoms with E-state index in [1.807, 2.05) is 60.7 Å². The Hall–Kier alpha value is -2.63. The molecule has 0 saturated carbocycles. The van der Waals surface area contributed by atoms with E-state index in [0.717, 1.165) is 27.0 Å². The van der Waals surface area contributed by atoms with Crippen LogP contribution in [0.25, 0.3) is 17.0 Å². The summed E-state index contributed by atoms with van der Waals surface area (Å²) in [5.74, 6) is -0.208. The molecule has 1 aliphatic rings. The lowest BCUT2D eigenvalue weighted by Crippen LogP contribution is -2.16. The minimum Gasteiger partial charge on any atom is -0.398 e. The van der Waals surface area contributed by atoms with Crippen molar-refractivity contribution in [2.24, 2.45) is 5.73 Å². The molecule has 1 heterocycles. The van der Waals surface area contributed by atoms with Gasteiger partial charge in [-0.05, 0) is 48.5 Å². The maximum absolute atomic E-state index is 12.7. The first-order valence-electron chi connectivity index (χ1n) is 8.33. The highest BCUT2D eigenvalue weighted by Crippen LogP contribution is 2.31. The molecule has 6 heteroatoms. The molecule has 4 rings (SSSR count). The predicted octanol–water partition coefficient (Wildman–Crippen LogP) is 5.03. The summed E-state index contributed by atoms with van der Waals surface area (Å²) in [6.07, 6.45) is 0.408. The van der Waals surface area contributed by atoms with Crippen molar-refractivity contribution < 1.29 is 4.79 Å². The zero-order chi connectivity index (χ0) is 19.0. The number of nitrogens with two attached hydrogens (primary N) is 1. The second kappa shape index (κ2) is 7.18. The van der Waals surface area contributed by atoms with Gasteiger partial charge in [-0.2, -0.15) is 0 Å². The number of anilines is 1. The Bertz CT molecular complexity index is 1060. The van der Waals surface area contributed by atoms with Crippen LogP contribution >= 0.6 is 27.5 Å². The lowest BCUT2D eigenvalue weighted by atomic mass is 10.1. The zero-order valence-corrected chi connectivity index (χ0v) is 16.5. The van der Waals surface area contributed by atoms with Gasteiger partial charge in [0.05, 0.1) is 11.4 Å². The van der Waals surface area contributed by atoms with Crippen LogP contribution in [0.4, 0.5) is 5.69 Å². The molecule has 27 heavy (non-hydrogen) atoms. The summed E-state index contributed by atoms with van der Waals surface area (Å²) in [5, 5.41) is 3.57. The van der Waals surface area contributed by atoms with E-state index < -0.39 is 0 Å². The molecule has 3 aromatic rings. The van der Waals surface area contributed by atoms with E-state index >= 15 is 0 Å². The first-order chi connectivity index (χ1) is 13.0. The number of hydrogen-bond acceptors (Lipinski definition) is 3. The van der Waals surface area contributed by atoms with Crippen molar-refractivity contribution in [2.45, 2.75) is 6.42 Å². The average molecular weight is 441 g/mol. The molecule has 0 spiro atoms. The molecular weight excluding hydrogens is 426 g/mol. The second-order valence-electron chi connectivity index (χ2n) is 6.23. The number of nitrogens with zero attached hydrogens (tertiary/aromatic N) is 1. The average Bonchev–Trinajstić information content (AvgIpc) is 3.00. The number of halogens is 2. The number of carbonyl (C=O) groups is 1. The van der Waals surface area contributed by atoms with Crippen molar-refractivity contribution in [3.8, 4) is 11.3 Å². The molecule has 3 N–H and O–H groups in total. The minimum absolute atomic E-state index is 0.208. The number of benzene rings is 2. The van der Waals surface area contributed by atoms with Crippen molar-refractivity contribution >= 4 is 44.8 Å². The Morgan fingerprint density at radius 3 is 2.44 bits per heavy atom. The molecule has 1 amide bonds. The van der Waals surface area contributed by atoms with Gasteiger partial charge in [-0.15, -0.1) is 0 Å². The van der Waals surface area contributed by atoms with Crippen molar-refractivity contribution in [3.05, 3.63) is 87.0 Å². The Morgan fingerprint density at radius 1 is 1.04 bits per heavy atom. The molecule has 4 nitrogen and oxygen atoms in total. The summed E-state index contributed by atoms with van der Waals surface area (Å²) in [4.78, 5) is 17.4. The molecule has 134 valence electrons. The zero-order valence-electron chi connectivity index (χ0n) is 14.2. The number of nitrogens with one attached hydrogen (secondary N) is 1. The highest BCUT2D eigenvalue weighted by Gasteiger charge is 2.26. The van der Waals surface area contributed by atoms with Gasteiger partial charge in [0, 0.05) is 44.0 Å². The van der Waals surface area contributed by atoms with Crippen LogP contribution in [-0.2, 0) is 11.2 Å². The lowest BCUT2D eigenvalue weighted by molar-refractivity contribution is -0.112. The summed E-state index contributed by atoms with van der Waals surface area (Å²) >= 11 is 9.33. The molecule has 1 aromatic heterocycles. The van der Waals surface area contributed by atoms with E-state index in [2.05, 4.69) is 21.2 Å². The smallest absolute Gasteiger partial charge is 0.254 e. The maximum Gasteiger partial charge on any atom is 0.254 e. The molecule has 0 fully saturated rings. The van der Waals surface area contributed by atoms with Gasteiger partial charge < -0.3 is 11.1 Å². The Kier molecular flexibility index (Phi) is 4.72. The number of carbonyl (C=O) groups excluding carboxylic acids is 1. The topological polar surface area (TPSA) is 68.0 Å². The van der Waals surface area contributed by atoms with Gasteiger partial charge in [0.1, 0.15) is 0 Å². The molecule has 1 aliphatic carbocycles. The molecular formula is C21H15BrClN3O. The Morgan fingerprint density at radius 2 is 1.74 bits per heavy atom. The van der Waals surface area contributed by atoms with E-state index in [4.69, 9.17) is 22.3 Å². The quantitative estimate of drug-likeness (QED) is 0.600. The molecule has 0 aliphatic heterocycles. The van der Waals surface area contributed by atoms with Crippen LogP contribution in [0.15, 0.2) is 70.7 Å². The molecule has 0 radical (unpaired) electrons. The van der Waals surface area contributed by atoms with Crippen LogP contribution in [0.1, 0.15) is 11.3 Å². The van der Waals surface area contributed by atoms with E-state index in [0.29, 0.717) is 28.4 Å². The summed E-state index contributed by atoms with van der Waals surface area (Å²) < 4.78 is 0.950. The fourth-order valence-corrected chi connectivity index (χ4v) is 3.42. The normalized spacial score (nSPS) is 12.8. The van der Waals surface area contributed by atoms with Crippen LogP contribution in [0.3, 0.4) is 0 Å². The van der Waals surface area contributed by atoms with Crippen LogP contribution in [-0.4, -0.2) is 10.9 Å². The maximum atomic E-state index is 12.7. The van der Waals surface area contributed by atoms with Gasteiger partial charge >= 0.3 is 0 Å². The van der Waals surface area contributed by atoms with Crippen LogP contribution < -0.4 is 11.1 Å². The number of aromatic nitrogens is 1. The molecule has 0 atom stereocenters. The third-order valence-corrected chi connectivity index (χ3v) is 5.23.